The summed E-state index contributed by atoms with van der Waals surface area (Å²) < 4.78 is 0. The maximum absolute atomic E-state index is 11.9. The molecule has 2 fully saturated rings. The molecule has 2 saturated carbocycles. The third-order valence-electron chi connectivity index (χ3n) is 3.99. The fourth-order valence-electron chi connectivity index (χ4n) is 2.77. The molecule has 5 nitrogen and oxygen atoms in total. The quantitative estimate of drug-likeness (QED) is 0.795. The van der Waals surface area contributed by atoms with Gasteiger partial charge in [-0.05, 0) is 32.6 Å². The highest BCUT2D eigenvalue weighted by molar-refractivity contribution is 5.84. The molecule has 0 heterocycles. The smallest absolute Gasteiger partial charge is 0.315 e. The van der Waals surface area contributed by atoms with Gasteiger partial charge in [0.25, 0.3) is 0 Å². The van der Waals surface area contributed by atoms with E-state index in [4.69, 9.17) is 0 Å². The van der Waals surface area contributed by atoms with Crippen LogP contribution in [0.15, 0.2) is 0 Å². The van der Waals surface area contributed by atoms with Crippen molar-refractivity contribution in [3.8, 4) is 0 Å². The number of carbonyl (C=O) groups excluding carboxylic acids is 2. The SMILES string of the molecule is CCN(C(=O)CNC(=O)NC1CCCCC1)C1CC1. The fraction of sp³-hybridized carbons (Fsp3) is 0.857. The maximum Gasteiger partial charge on any atom is 0.315 e. The van der Waals surface area contributed by atoms with Gasteiger partial charge in [-0.1, -0.05) is 19.3 Å². The molecule has 0 saturated heterocycles. The fourth-order valence-corrected chi connectivity index (χ4v) is 2.77. The molecule has 0 bridgehead atoms. The topological polar surface area (TPSA) is 61.4 Å². The first-order valence-electron chi connectivity index (χ1n) is 7.54. The molecule has 0 spiro atoms. The highest BCUT2D eigenvalue weighted by Gasteiger charge is 2.31. The van der Waals surface area contributed by atoms with E-state index < -0.39 is 0 Å². The van der Waals surface area contributed by atoms with Crippen LogP contribution in [0, 0.1) is 0 Å². The zero-order valence-electron chi connectivity index (χ0n) is 11.8. The molecule has 0 aromatic carbocycles. The number of hydrogen-bond acceptors (Lipinski definition) is 2. The third kappa shape index (κ3) is 4.40. The van der Waals surface area contributed by atoms with E-state index in [2.05, 4.69) is 10.6 Å². The second-order valence-corrected chi connectivity index (χ2v) is 5.57. The van der Waals surface area contributed by atoms with Crippen LogP contribution in [0.5, 0.6) is 0 Å². The summed E-state index contributed by atoms with van der Waals surface area (Å²) in [6.07, 6.45) is 7.98. The Labute approximate surface area is 115 Å². The molecule has 0 aromatic rings. The van der Waals surface area contributed by atoms with E-state index in [9.17, 15) is 9.59 Å². The summed E-state index contributed by atoms with van der Waals surface area (Å²) in [7, 11) is 0. The molecule has 108 valence electrons. The second kappa shape index (κ2) is 6.78. The minimum absolute atomic E-state index is 0.0313. The second-order valence-electron chi connectivity index (χ2n) is 5.57. The van der Waals surface area contributed by atoms with E-state index >= 15 is 0 Å². The zero-order valence-corrected chi connectivity index (χ0v) is 11.8. The van der Waals surface area contributed by atoms with Crippen molar-refractivity contribution < 1.29 is 9.59 Å². The predicted octanol–water partition coefficient (Wildman–Crippen LogP) is 1.63. The highest BCUT2D eigenvalue weighted by Crippen LogP contribution is 2.26. The molecule has 5 heteroatoms. The number of urea groups is 1. The van der Waals surface area contributed by atoms with Gasteiger partial charge in [0, 0.05) is 18.6 Å². The predicted molar refractivity (Wildman–Crippen MR) is 73.8 cm³/mol. The highest BCUT2D eigenvalue weighted by atomic mass is 16.2. The molecule has 2 aliphatic rings. The summed E-state index contributed by atoms with van der Waals surface area (Å²) in [5.74, 6) is 0.0313. The molecule has 2 N–H and O–H groups in total. The minimum Gasteiger partial charge on any atom is -0.338 e. The molecule has 0 aliphatic heterocycles. The van der Waals surface area contributed by atoms with Gasteiger partial charge in [-0.2, -0.15) is 0 Å². The summed E-state index contributed by atoms with van der Waals surface area (Å²) in [6.45, 7) is 2.83. The van der Waals surface area contributed by atoms with Gasteiger partial charge in [-0.25, -0.2) is 4.79 Å². The van der Waals surface area contributed by atoms with Crippen molar-refractivity contribution in [3.63, 3.8) is 0 Å². The lowest BCUT2D eigenvalue weighted by Gasteiger charge is -2.24. The van der Waals surface area contributed by atoms with Gasteiger partial charge in [0.2, 0.25) is 5.91 Å². The Balaban J connectivity index is 1.66. The largest absolute Gasteiger partial charge is 0.338 e. The Kier molecular flexibility index (Phi) is 5.05. The van der Waals surface area contributed by atoms with Crippen molar-refractivity contribution in [2.45, 2.75) is 64.0 Å². The Morgan fingerprint density at radius 2 is 1.79 bits per heavy atom. The van der Waals surface area contributed by atoms with Gasteiger partial charge in [0.15, 0.2) is 0 Å². The average molecular weight is 267 g/mol. The van der Waals surface area contributed by atoms with Crippen molar-refractivity contribution in [2.75, 3.05) is 13.1 Å². The summed E-state index contributed by atoms with van der Waals surface area (Å²) in [5, 5.41) is 5.64. The number of carbonyl (C=O) groups is 2. The van der Waals surface area contributed by atoms with Gasteiger partial charge < -0.3 is 15.5 Å². The molecule has 0 unspecified atom stereocenters. The number of amides is 3. The lowest BCUT2D eigenvalue weighted by atomic mass is 9.96. The summed E-state index contributed by atoms with van der Waals surface area (Å²) in [4.78, 5) is 25.5. The zero-order chi connectivity index (χ0) is 13.7. The summed E-state index contributed by atoms with van der Waals surface area (Å²) in [6, 6.07) is 0.502. The number of nitrogens with one attached hydrogen (secondary N) is 2. The Bertz CT molecular complexity index is 323. The normalized spacial score (nSPS) is 19.8. The molecule has 2 rings (SSSR count). The molecule has 19 heavy (non-hydrogen) atoms. The molecule has 0 radical (unpaired) electrons. The Morgan fingerprint density at radius 1 is 1.11 bits per heavy atom. The first kappa shape index (κ1) is 14.2. The lowest BCUT2D eigenvalue weighted by molar-refractivity contribution is -0.130. The Morgan fingerprint density at radius 3 is 2.37 bits per heavy atom. The monoisotopic (exact) mass is 267 g/mol. The van der Waals surface area contributed by atoms with Crippen LogP contribution in [0.4, 0.5) is 4.79 Å². The van der Waals surface area contributed by atoms with E-state index in [1.165, 1.54) is 19.3 Å². The number of nitrogens with zero attached hydrogens (tertiary/aromatic N) is 1. The van der Waals surface area contributed by atoms with Crippen molar-refractivity contribution in [3.05, 3.63) is 0 Å². The Hall–Kier alpha value is -1.26. The minimum atomic E-state index is -0.202. The summed E-state index contributed by atoms with van der Waals surface area (Å²) in [5.41, 5.74) is 0. The number of hydrogen-bond donors (Lipinski definition) is 2. The first-order valence-corrected chi connectivity index (χ1v) is 7.54. The van der Waals surface area contributed by atoms with E-state index in [0.29, 0.717) is 6.04 Å². The van der Waals surface area contributed by atoms with Crippen molar-refractivity contribution in [1.82, 2.24) is 15.5 Å². The van der Waals surface area contributed by atoms with Crippen LogP contribution >= 0.6 is 0 Å². The van der Waals surface area contributed by atoms with Crippen molar-refractivity contribution in [1.29, 1.82) is 0 Å². The van der Waals surface area contributed by atoms with Gasteiger partial charge in [-0.3, -0.25) is 4.79 Å². The number of rotatable bonds is 5. The van der Waals surface area contributed by atoms with E-state index in [1.54, 1.807) is 0 Å². The number of likely N-dealkylation sites (N-methyl/N-ethyl adjacent to an activating group) is 1. The van der Waals surface area contributed by atoms with Gasteiger partial charge in [0.1, 0.15) is 0 Å². The van der Waals surface area contributed by atoms with Crippen molar-refractivity contribution >= 4 is 11.9 Å². The van der Waals surface area contributed by atoms with Gasteiger partial charge in [-0.15, -0.1) is 0 Å². The van der Waals surface area contributed by atoms with E-state index in [0.717, 1.165) is 32.2 Å². The van der Waals surface area contributed by atoms with Crippen LogP contribution < -0.4 is 10.6 Å². The van der Waals surface area contributed by atoms with Gasteiger partial charge in [0.05, 0.1) is 6.54 Å². The van der Waals surface area contributed by atoms with Gasteiger partial charge >= 0.3 is 6.03 Å². The van der Waals surface area contributed by atoms with Crippen LogP contribution in [-0.2, 0) is 4.79 Å². The summed E-state index contributed by atoms with van der Waals surface area (Å²) >= 11 is 0. The molecule has 2 aliphatic carbocycles. The third-order valence-corrected chi connectivity index (χ3v) is 3.99. The van der Waals surface area contributed by atoms with E-state index in [1.807, 2.05) is 11.8 Å². The van der Waals surface area contributed by atoms with Crippen LogP contribution in [0.25, 0.3) is 0 Å². The van der Waals surface area contributed by atoms with Crippen LogP contribution in [0.2, 0.25) is 0 Å². The lowest BCUT2D eigenvalue weighted by Crippen LogP contribution is -2.47. The van der Waals surface area contributed by atoms with Crippen molar-refractivity contribution in [2.24, 2.45) is 0 Å². The molecule has 0 atom stereocenters. The molecule has 3 amide bonds. The molecule has 0 aromatic heterocycles. The average Bonchev–Trinajstić information content (AvgIpc) is 3.23. The van der Waals surface area contributed by atoms with Crippen LogP contribution in [-0.4, -0.2) is 42.0 Å². The maximum atomic E-state index is 11.9. The van der Waals surface area contributed by atoms with Crippen LogP contribution in [0.3, 0.4) is 0 Å². The van der Waals surface area contributed by atoms with Crippen LogP contribution in [0.1, 0.15) is 51.9 Å². The molecular weight excluding hydrogens is 242 g/mol. The van der Waals surface area contributed by atoms with E-state index in [-0.39, 0.29) is 24.5 Å². The first-order chi connectivity index (χ1) is 9.20. The standard InChI is InChI=1S/C14H25N3O2/c1-2-17(12-8-9-12)13(18)10-15-14(19)16-11-6-4-3-5-7-11/h11-12H,2-10H2,1H3,(H2,15,16,19). The molecular formula is C14H25N3O2.